The highest BCUT2D eigenvalue weighted by atomic mass is 16.6. The molecule has 0 fully saturated rings. The summed E-state index contributed by atoms with van der Waals surface area (Å²) in [7, 11) is 0. The Balaban J connectivity index is 2.11. The lowest BCUT2D eigenvalue weighted by molar-refractivity contribution is -0.159. The van der Waals surface area contributed by atoms with E-state index in [1.807, 2.05) is 63.2 Å². The molecular weight excluding hydrogens is 634 g/mol. The molecule has 0 bridgehead atoms. The molecule has 3 aromatic carbocycles. The van der Waals surface area contributed by atoms with E-state index < -0.39 is 53.2 Å². The topological polar surface area (TPSA) is 134 Å². The Morgan fingerprint density at radius 2 is 1.32 bits per heavy atom. The van der Waals surface area contributed by atoms with Gasteiger partial charge in [-0.2, -0.15) is 0 Å². The first-order valence-corrected chi connectivity index (χ1v) is 17.1. The lowest BCUT2D eigenvalue weighted by atomic mass is 9.96. The molecule has 3 unspecified atom stereocenters. The molecule has 0 aliphatic rings. The monoisotopic (exact) mass is 687 g/mol. The smallest absolute Gasteiger partial charge is 0.408 e. The van der Waals surface area contributed by atoms with Crippen LogP contribution in [-0.2, 0) is 36.7 Å². The van der Waals surface area contributed by atoms with Gasteiger partial charge in [0.25, 0.3) is 0 Å². The van der Waals surface area contributed by atoms with Gasteiger partial charge in [-0.1, -0.05) is 67.6 Å². The maximum Gasteiger partial charge on any atom is 0.408 e. The van der Waals surface area contributed by atoms with Crippen LogP contribution < -0.4 is 10.6 Å². The Hall–Kier alpha value is -4.86. The molecule has 0 radical (unpaired) electrons. The second-order valence-corrected chi connectivity index (χ2v) is 14.6. The largest absolute Gasteiger partial charge is 0.508 e. The highest BCUT2D eigenvalue weighted by Gasteiger charge is 2.38. The summed E-state index contributed by atoms with van der Waals surface area (Å²) < 4.78 is 11.3. The fraction of sp³-hybridized carbons (Fsp3) is 0.450. The van der Waals surface area contributed by atoms with E-state index in [-0.39, 0.29) is 25.1 Å². The number of nitrogens with one attached hydrogen (secondary N) is 2. The maximum absolute atomic E-state index is 14.7. The summed E-state index contributed by atoms with van der Waals surface area (Å²) in [6.45, 7) is 16.4. The Morgan fingerprint density at radius 3 is 1.88 bits per heavy atom. The van der Waals surface area contributed by atoms with Crippen molar-refractivity contribution in [3.8, 4) is 5.75 Å². The Labute approximate surface area is 296 Å². The van der Waals surface area contributed by atoms with E-state index in [1.165, 1.54) is 17.0 Å². The van der Waals surface area contributed by atoms with Crippen molar-refractivity contribution in [1.29, 1.82) is 0 Å². The molecule has 3 amide bonds. The number of benzene rings is 3. The number of nitrogens with zero attached hydrogens (tertiary/aromatic N) is 1. The number of aryl methyl sites for hydroxylation is 2. The number of ether oxygens (including phenoxy) is 2. The third-order valence-corrected chi connectivity index (χ3v) is 7.81. The molecule has 0 aromatic heterocycles. The van der Waals surface area contributed by atoms with Crippen molar-refractivity contribution >= 4 is 23.9 Å². The van der Waals surface area contributed by atoms with Crippen LogP contribution in [0.4, 0.5) is 4.79 Å². The molecule has 10 heteroatoms. The maximum atomic E-state index is 14.7. The van der Waals surface area contributed by atoms with Gasteiger partial charge in [0.1, 0.15) is 35.1 Å². The van der Waals surface area contributed by atoms with E-state index in [9.17, 15) is 24.3 Å². The standard InChI is InChI=1S/C40H53N3O7/c1-10-22-43(36(46)32(42-38(48)50-40(7,8)9)24-29-17-20-31(44)21-18-29)34(30-19-16-26(2)27(3)23-30)35(45)41-33(37(47)49-39(4,5)6)25-28-14-12-11-13-15-28/h11-21,23,32-34,44H,10,22,24-25H2,1-9H3,(H,41,45)(H,42,48). The van der Waals surface area contributed by atoms with Crippen LogP contribution in [0.5, 0.6) is 5.75 Å². The number of hydrogen-bond acceptors (Lipinski definition) is 7. The van der Waals surface area contributed by atoms with Crippen LogP contribution in [-0.4, -0.2) is 63.7 Å². The number of hydrogen-bond donors (Lipinski definition) is 3. The number of alkyl carbamates (subject to hydrolysis) is 1. The lowest BCUT2D eigenvalue weighted by Crippen LogP contribution is -2.55. The third kappa shape index (κ3) is 12.2. The predicted molar refractivity (Wildman–Crippen MR) is 194 cm³/mol. The van der Waals surface area contributed by atoms with Crippen LogP contribution >= 0.6 is 0 Å². The van der Waals surface area contributed by atoms with Crippen LogP contribution in [0.3, 0.4) is 0 Å². The number of esters is 1. The van der Waals surface area contributed by atoms with Gasteiger partial charge in [0.05, 0.1) is 0 Å². The average Bonchev–Trinajstić information content (AvgIpc) is 3.01. The SMILES string of the molecule is CCCN(C(=O)C(Cc1ccc(O)cc1)NC(=O)OC(C)(C)C)C(C(=O)NC(Cc1ccccc1)C(=O)OC(C)(C)C)c1ccc(C)c(C)c1. The number of phenols is 1. The van der Waals surface area contributed by atoms with Crippen LogP contribution in [0.15, 0.2) is 72.8 Å². The van der Waals surface area contributed by atoms with Crippen molar-refractivity contribution < 1.29 is 33.8 Å². The van der Waals surface area contributed by atoms with Crippen LogP contribution in [0.2, 0.25) is 0 Å². The highest BCUT2D eigenvalue weighted by Crippen LogP contribution is 2.27. The molecule has 50 heavy (non-hydrogen) atoms. The molecule has 3 rings (SSSR count). The molecule has 270 valence electrons. The fourth-order valence-electron chi connectivity index (χ4n) is 5.40. The third-order valence-electron chi connectivity index (χ3n) is 7.81. The van der Waals surface area contributed by atoms with Gasteiger partial charge in [0.15, 0.2) is 0 Å². The summed E-state index contributed by atoms with van der Waals surface area (Å²) >= 11 is 0. The summed E-state index contributed by atoms with van der Waals surface area (Å²) in [5, 5.41) is 15.5. The molecule has 0 spiro atoms. The molecule has 0 saturated heterocycles. The zero-order valence-electron chi connectivity index (χ0n) is 30.8. The molecule has 0 aliphatic heterocycles. The number of aromatic hydroxyl groups is 1. The van der Waals surface area contributed by atoms with E-state index in [2.05, 4.69) is 10.6 Å². The predicted octanol–water partition coefficient (Wildman–Crippen LogP) is 6.49. The highest BCUT2D eigenvalue weighted by molar-refractivity contribution is 5.94. The summed E-state index contributed by atoms with van der Waals surface area (Å²) in [6.07, 6.45) is -0.0507. The number of carbonyl (C=O) groups is 4. The van der Waals surface area contributed by atoms with E-state index >= 15 is 0 Å². The molecule has 3 aromatic rings. The summed E-state index contributed by atoms with van der Waals surface area (Å²) in [6, 6.07) is 17.9. The van der Waals surface area contributed by atoms with Crippen molar-refractivity contribution in [2.45, 2.75) is 111 Å². The summed E-state index contributed by atoms with van der Waals surface area (Å²) in [4.78, 5) is 57.4. The minimum absolute atomic E-state index is 0.0610. The Bertz CT molecular complexity index is 1610. The van der Waals surface area contributed by atoms with Gasteiger partial charge in [-0.05, 0) is 102 Å². The number of carbonyl (C=O) groups excluding carboxylic acids is 4. The minimum atomic E-state index is -1.16. The lowest BCUT2D eigenvalue weighted by Gasteiger charge is -2.35. The second kappa shape index (κ2) is 17.2. The van der Waals surface area contributed by atoms with Crippen LogP contribution in [0, 0.1) is 13.8 Å². The van der Waals surface area contributed by atoms with Crippen molar-refractivity contribution in [2.75, 3.05) is 6.54 Å². The summed E-state index contributed by atoms with van der Waals surface area (Å²) in [5.41, 5.74) is 2.35. The Kier molecular flexibility index (Phi) is 13.6. The van der Waals surface area contributed by atoms with Gasteiger partial charge in [-0.15, -0.1) is 0 Å². The zero-order valence-corrected chi connectivity index (χ0v) is 30.8. The van der Waals surface area contributed by atoms with Crippen molar-refractivity contribution in [3.05, 3.63) is 101 Å². The van der Waals surface area contributed by atoms with Crippen LogP contribution in [0.25, 0.3) is 0 Å². The van der Waals surface area contributed by atoms with Gasteiger partial charge in [-0.3, -0.25) is 9.59 Å². The zero-order chi connectivity index (χ0) is 37.2. The molecule has 0 aliphatic carbocycles. The van der Waals surface area contributed by atoms with Gasteiger partial charge < -0.3 is 30.1 Å². The number of phenolic OH excluding ortho intramolecular Hbond substituents is 1. The van der Waals surface area contributed by atoms with Crippen molar-refractivity contribution in [3.63, 3.8) is 0 Å². The van der Waals surface area contributed by atoms with Crippen LogP contribution in [0.1, 0.15) is 88.7 Å². The summed E-state index contributed by atoms with van der Waals surface area (Å²) in [5.74, 6) is -1.62. The fourth-order valence-corrected chi connectivity index (χ4v) is 5.40. The van der Waals surface area contributed by atoms with Gasteiger partial charge in [0.2, 0.25) is 11.8 Å². The minimum Gasteiger partial charge on any atom is -0.508 e. The molecule has 0 saturated carbocycles. The van der Waals surface area contributed by atoms with Gasteiger partial charge in [-0.25, -0.2) is 9.59 Å². The van der Waals surface area contributed by atoms with Crippen molar-refractivity contribution in [1.82, 2.24) is 15.5 Å². The van der Waals surface area contributed by atoms with E-state index in [0.29, 0.717) is 17.5 Å². The Morgan fingerprint density at radius 1 is 0.740 bits per heavy atom. The van der Waals surface area contributed by atoms with E-state index in [1.54, 1.807) is 59.7 Å². The number of amides is 3. The first-order valence-electron chi connectivity index (χ1n) is 17.1. The molecular formula is C40H53N3O7. The first kappa shape index (κ1) is 39.6. The molecule has 3 N–H and O–H groups in total. The molecule has 3 atom stereocenters. The van der Waals surface area contributed by atoms with Gasteiger partial charge in [0, 0.05) is 19.4 Å². The quantitative estimate of drug-likeness (QED) is 0.175. The number of rotatable bonds is 13. The van der Waals surface area contributed by atoms with Gasteiger partial charge >= 0.3 is 12.1 Å². The normalized spacial score (nSPS) is 13.4. The first-order chi connectivity index (χ1) is 23.4. The molecule has 10 nitrogen and oxygen atoms in total. The second-order valence-electron chi connectivity index (χ2n) is 14.6. The molecule has 0 heterocycles. The van der Waals surface area contributed by atoms with E-state index in [0.717, 1.165) is 16.7 Å². The average molecular weight is 688 g/mol. The van der Waals surface area contributed by atoms with E-state index in [4.69, 9.17) is 9.47 Å². The van der Waals surface area contributed by atoms with Crippen molar-refractivity contribution in [2.24, 2.45) is 0 Å².